The predicted molar refractivity (Wildman–Crippen MR) is 81.0 cm³/mol. The molecule has 0 spiro atoms. The molecule has 1 rings (SSSR count). The van der Waals surface area contributed by atoms with Crippen molar-refractivity contribution >= 4 is 15.9 Å². The van der Waals surface area contributed by atoms with Crippen LogP contribution in [0, 0.1) is 5.82 Å². The lowest BCUT2D eigenvalue weighted by Gasteiger charge is -2.25. The highest BCUT2D eigenvalue weighted by atomic mass is 79.9. The Morgan fingerprint density at radius 2 is 2.11 bits per heavy atom. The summed E-state index contributed by atoms with van der Waals surface area (Å²) in [6, 6.07) is 5.00. The van der Waals surface area contributed by atoms with E-state index in [-0.39, 0.29) is 18.0 Å². The van der Waals surface area contributed by atoms with Gasteiger partial charge in [-0.15, -0.1) is 0 Å². The molecule has 1 aromatic rings. The Hall–Kier alpha value is -0.450. The van der Waals surface area contributed by atoms with Gasteiger partial charge in [0.1, 0.15) is 5.82 Å². The molecule has 0 aliphatic carbocycles. The van der Waals surface area contributed by atoms with Gasteiger partial charge in [-0.2, -0.15) is 0 Å². The van der Waals surface area contributed by atoms with Crippen molar-refractivity contribution in [2.45, 2.75) is 45.8 Å². The molecule has 0 heterocycles. The highest BCUT2D eigenvalue weighted by molar-refractivity contribution is 9.10. The monoisotopic (exact) mass is 331 g/mol. The first-order valence-electron chi connectivity index (χ1n) is 6.87. The minimum atomic E-state index is -0.198. The third-order valence-electron chi connectivity index (χ3n) is 3.10. The van der Waals surface area contributed by atoms with Gasteiger partial charge in [0.15, 0.2) is 0 Å². The van der Waals surface area contributed by atoms with E-state index in [1.807, 2.05) is 6.92 Å². The van der Waals surface area contributed by atoms with E-state index in [2.05, 4.69) is 35.1 Å². The quantitative estimate of drug-likeness (QED) is 0.779. The molecule has 0 fully saturated rings. The number of benzene rings is 1. The van der Waals surface area contributed by atoms with Gasteiger partial charge in [0.05, 0.1) is 6.10 Å². The number of rotatable bonds is 8. The van der Waals surface area contributed by atoms with Crippen molar-refractivity contribution in [1.29, 1.82) is 0 Å². The average molecular weight is 332 g/mol. The second-order valence-electron chi connectivity index (χ2n) is 4.66. The molecule has 0 aliphatic rings. The Labute approximate surface area is 123 Å². The molecule has 2 atom stereocenters. The van der Waals surface area contributed by atoms with E-state index in [0.717, 1.165) is 29.4 Å². The highest BCUT2D eigenvalue weighted by Crippen LogP contribution is 2.20. The summed E-state index contributed by atoms with van der Waals surface area (Å²) >= 11 is 3.48. The third-order valence-corrected chi connectivity index (χ3v) is 3.87. The summed E-state index contributed by atoms with van der Waals surface area (Å²) in [5.74, 6) is -0.198. The molecule has 0 saturated heterocycles. The fraction of sp³-hybridized carbons (Fsp3) is 0.600. The van der Waals surface area contributed by atoms with E-state index in [4.69, 9.17) is 4.74 Å². The van der Waals surface area contributed by atoms with E-state index in [1.165, 1.54) is 6.07 Å². The number of hydrogen-bond acceptors (Lipinski definition) is 2. The van der Waals surface area contributed by atoms with E-state index in [0.29, 0.717) is 6.61 Å². The molecule has 4 heteroatoms. The van der Waals surface area contributed by atoms with Crippen molar-refractivity contribution in [3.63, 3.8) is 0 Å². The van der Waals surface area contributed by atoms with Crippen LogP contribution < -0.4 is 5.32 Å². The molecule has 2 unspecified atom stereocenters. The normalized spacial score (nSPS) is 14.4. The average Bonchev–Trinajstić information content (AvgIpc) is 2.38. The van der Waals surface area contributed by atoms with Crippen LogP contribution in [0.5, 0.6) is 0 Å². The molecule has 0 aliphatic heterocycles. The lowest BCUT2D eigenvalue weighted by molar-refractivity contribution is 0.0476. The van der Waals surface area contributed by atoms with Crippen LogP contribution in [0.15, 0.2) is 22.7 Å². The minimum absolute atomic E-state index is 0.103. The molecular formula is C15H23BrFNO. The molecule has 0 aromatic heterocycles. The van der Waals surface area contributed by atoms with Crippen LogP contribution >= 0.6 is 15.9 Å². The fourth-order valence-corrected chi connectivity index (χ4v) is 2.46. The van der Waals surface area contributed by atoms with Gasteiger partial charge in [-0.05, 0) is 57.0 Å². The summed E-state index contributed by atoms with van der Waals surface area (Å²) in [6.45, 7) is 7.81. The molecular weight excluding hydrogens is 309 g/mol. The van der Waals surface area contributed by atoms with E-state index in [1.54, 1.807) is 12.1 Å². The summed E-state index contributed by atoms with van der Waals surface area (Å²) in [4.78, 5) is 0. The van der Waals surface area contributed by atoms with Gasteiger partial charge in [-0.3, -0.25) is 0 Å². The van der Waals surface area contributed by atoms with Crippen molar-refractivity contribution in [1.82, 2.24) is 5.32 Å². The summed E-state index contributed by atoms with van der Waals surface area (Å²) in [6.07, 6.45) is 1.92. The van der Waals surface area contributed by atoms with Crippen molar-refractivity contribution in [3.05, 3.63) is 34.1 Å². The van der Waals surface area contributed by atoms with Crippen molar-refractivity contribution in [2.75, 3.05) is 13.2 Å². The summed E-state index contributed by atoms with van der Waals surface area (Å²) in [5, 5.41) is 3.48. The predicted octanol–water partition coefficient (Wildman–Crippen LogP) is 3.92. The largest absolute Gasteiger partial charge is 0.377 e. The number of ether oxygens (including phenoxy) is 1. The zero-order valence-corrected chi connectivity index (χ0v) is 13.5. The first-order valence-corrected chi connectivity index (χ1v) is 7.66. The van der Waals surface area contributed by atoms with Crippen molar-refractivity contribution in [3.8, 4) is 0 Å². The molecule has 1 aromatic carbocycles. The Morgan fingerprint density at radius 1 is 1.37 bits per heavy atom. The van der Waals surface area contributed by atoms with Gasteiger partial charge in [0, 0.05) is 17.1 Å². The van der Waals surface area contributed by atoms with Crippen LogP contribution in [0.3, 0.4) is 0 Å². The molecule has 0 saturated carbocycles. The van der Waals surface area contributed by atoms with Gasteiger partial charge < -0.3 is 10.1 Å². The van der Waals surface area contributed by atoms with Crippen molar-refractivity contribution in [2.24, 2.45) is 0 Å². The maximum atomic E-state index is 13.3. The summed E-state index contributed by atoms with van der Waals surface area (Å²) in [7, 11) is 0. The van der Waals surface area contributed by atoms with Crippen LogP contribution in [-0.2, 0) is 11.2 Å². The van der Waals surface area contributed by atoms with Gasteiger partial charge in [-0.1, -0.05) is 22.9 Å². The zero-order chi connectivity index (χ0) is 14.3. The topological polar surface area (TPSA) is 21.3 Å². The Morgan fingerprint density at radius 3 is 2.74 bits per heavy atom. The SMILES string of the molecule is CCCNC(Cc1cc(F)ccc1Br)C(C)OCC. The maximum Gasteiger partial charge on any atom is 0.123 e. The molecule has 0 amide bonds. The van der Waals surface area contributed by atoms with Crippen molar-refractivity contribution < 1.29 is 9.13 Å². The first kappa shape index (κ1) is 16.6. The first-order chi connectivity index (χ1) is 9.08. The van der Waals surface area contributed by atoms with E-state index < -0.39 is 0 Å². The van der Waals surface area contributed by atoms with Gasteiger partial charge >= 0.3 is 0 Å². The molecule has 0 radical (unpaired) electrons. The van der Waals surface area contributed by atoms with Gasteiger partial charge in [0.25, 0.3) is 0 Å². The smallest absolute Gasteiger partial charge is 0.123 e. The van der Waals surface area contributed by atoms with Crippen LogP contribution in [0.4, 0.5) is 4.39 Å². The molecule has 2 nitrogen and oxygen atoms in total. The molecule has 108 valence electrons. The maximum absolute atomic E-state index is 13.3. The highest BCUT2D eigenvalue weighted by Gasteiger charge is 2.18. The summed E-state index contributed by atoms with van der Waals surface area (Å²) < 4.78 is 19.9. The van der Waals surface area contributed by atoms with E-state index >= 15 is 0 Å². The zero-order valence-electron chi connectivity index (χ0n) is 11.9. The standard InChI is InChI=1S/C15H23BrFNO/c1-4-8-18-15(11(3)19-5-2)10-12-9-13(17)6-7-14(12)16/h6-7,9,11,15,18H,4-5,8,10H2,1-3H3. The fourth-order valence-electron chi connectivity index (χ4n) is 2.05. The summed E-state index contributed by atoms with van der Waals surface area (Å²) in [5.41, 5.74) is 0.972. The molecule has 19 heavy (non-hydrogen) atoms. The Kier molecular flexibility index (Phi) is 7.57. The number of halogens is 2. The van der Waals surface area contributed by atoms with Crippen LogP contribution in [0.1, 0.15) is 32.8 Å². The third kappa shape index (κ3) is 5.59. The van der Waals surface area contributed by atoms with Gasteiger partial charge in [0.2, 0.25) is 0 Å². The van der Waals surface area contributed by atoms with Crippen LogP contribution in [0.25, 0.3) is 0 Å². The number of hydrogen-bond donors (Lipinski definition) is 1. The van der Waals surface area contributed by atoms with Gasteiger partial charge in [-0.25, -0.2) is 4.39 Å². The van der Waals surface area contributed by atoms with E-state index in [9.17, 15) is 4.39 Å². The Balaban J connectivity index is 2.77. The lowest BCUT2D eigenvalue weighted by atomic mass is 10.0. The molecule has 0 bridgehead atoms. The molecule has 1 N–H and O–H groups in total. The second-order valence-corrected chi connectivity index (χ2v) is 5.52. The lowest BCUT2D eigenvalue weighted by Crippen LogP contribution is -2.42. The Bertz CT molecular complexity index is 386. The van der Waals surface area contributed by atoms with Crippen LogP contribution in [-0.4, -0.2) is 25.3 Å². The minimum Gasteiger partial charge on any atom is -0.377 e. The number of nitrogens with one attached hydrogen (secondary N) is 1. The second kappa shape index (κ2) is 8.67. The van der Waals surface area contributed by atoms with Crippen LogP contribution in [0.2, 0.25) is 0 Å².